The summed E-state index contributed by atoms with van der Waals surface area (Å²) in [5.74, 6) is 1.83. The topological polar surface area (TPSA) is 73.1 Å². The summed E-state index contributed by atoms with van der Waals surface area (Å²) in [6, 6.07) is 0.325. The fourth-order valence-corrected chi connectivity index (χ4v) is 2.09. The molecule has 16 heavy (non-hydrogen) atoms. The van der Waals surface area contributed by atoms with Gasteiger partial charge >= 0.3 is 0 Å². The maximum atomic E-state index is 6.00. The standard InChI is InChI=1S/C11H18N4O/c1-16-11-7-13-6-10(15-11)14-5-8-3-2-4-9(8)12/h6-9H,2-5,12H2,1H3,(H,14,15). The van der Waals surface area contributed by atoms with Crippen molar-refractivity contribution >= 4 is 5.82 Å². The first-order valence-electron chi connectivity index (χ1n) is 5.65. The van der Waals surface area contributed by atoms with Crippen LogP contribution >= 0.6 is 0 Å². The molecule has 0 spiro atoms. The molecule has 1 fully saturated rings. The van der Waals surface area contributed by atoms with Crippen LogP contribution in [0.2, 0.25) is 0 Å². The monoisotopic (exact) mass is 222 g/mol. The van der Waals surface area contributed by atoms with E-state index >= 15 is 0 Å². The smallest absolute Gasteiger partial charge is 0.233 e. The normalized spacial score (nSPS) is 24.4. The van der Waals surface area contributed by atoms with Crippen molar-refractivity contribution < 1.29 is 4.74 Å². The lowest BCUT2D eigenvalue weighted by Crippen LogP contribution is -2.29. The van der Waals surface area contributed by atoms with Gasteiger partial charge in [-0.1, -0.05) is 6.42 Å². The van der Waals surface area contributed by atoms with E-state index in [0.717, 1.165) is 18.8 Å². The van der Waals surface area contributed by atoms with Gasteiger partial charge in [0, 0.05) is 12.6 Å². The van der Waals surface area contributed by atoms with Gasteiger partial charge in [0.2, 0.25) is 5.88 Å². The molecule has 1 aliphatic carbocycles. The lowest BCUT2D eigenvalue weighted by atomic mass is 10.1. The van der Waals surface area contributed by atoms with Gasteiger partial charge in [0.1, 0.15) is 5.82 Å². The molecule has 1 heterocycles. The number of anilines is 1. The molecule has 1 aromatic rings. The highest BCUT2D eigenvalue weighted by molar-refractivity contribution is 5.33. The first-order valence-corrected chi connectivity index (χ1v) is 5.65. The summed E-state index contributed by atoms with van der Waals surface area (Å²) in [5, 5.41) is 3.26. The van der Waals surface area contributed by atoms with E-state index in [1.807, 2.05) is 0 Å². The summed E-state index contributed by atoms with van der Waals surface area (Å²) in [7, 11) is 1.58. The zero-order valence-corrected chi connectivity index (χ0v) is 9.52. The molecule has 1 aliphatic rings. The highest BCUT2D eigenvalue weighted by Crippen LogP contribution is 2.24. The average Bonchev–Trinajstić information content (AvgIpc) is 2.72. The zero-order chi connectivity index (χ0) is 11.4. The summed E-state index contributed by atoms with van der Waals surface area (Å²) >= 11 is 0. The Morgan fingerprint density at radius 1 is 1.50 bits per heavy atom. The Morgan fingerprint density at radius 2 is 2.38 bits per heavy atom. The molecule has 0 saturated heterocycles. The second kappa shape index (κ2) is 5.12. The van der Waals surface area contributed by atoms with Crippen LogP contribution in [-0.2, 0) is 0 Å². The molecular formula is C11H18N4O. The van der Waals surface area contributed by atoms with Gasteiger partial charge in [-0.2, -0.15) is 4.98 Å². The van der Waals surface area contributed by atoms with Crippen LogP contribution in [0, 0.1) is 5.92 Å². The van der Waals surface area contributed by atoms with Crippen molar-refractivity contribution in [3.63, 3.8) is 0 Å². The van der Waals surface area contributed by atoms with E-state index in [9.17, 15) is 0 Å². The minimum absolute atomic E-state index is 0.325. The second-order valence-electron chi connectivity index (χ2n) is 4.18. The Balaban J connectivity index is 1.88. The van der Waals surface area contributed by atoms with E-state index in [4.69, 9.17) is 10.5 Å². The third kappa shape index (κ3) is 2.61. The molecule has 2 atom stereocenters. The third-order valence-corrected chi connectivity index (χ3v) is 3.08. The number of methoxy groups -OCH3 is 1. The number of nitrogens with two attached hydrogens (primary N) is 1. The number of rotatable bonds is 4. The van der Waals surface area contributed by atoms with Crippen molar-refractivity contribution in [2.45, 2.75) is 25.3 Å². The highest BCUT2D eigenvalue weighted by atomic mass is 16.5. The fraction of sp³-hybridized carbons (Fsp3) is 0.636. The Kier molecular flexibility index (Phi) is 3.56. The highest BCUT2D eigenvalue weighted by Gasteiger charge is 2.23. The van der Waals surface area contributed by atoms with Gasteiger partial charge in [0.25, 0.3) is 0 Å². The maximum Gasteiger partial charge on any atom is 0.233 e. The van der Waals surface area contributed by atoms with E-state index in [1.54, 1.807) is 19.5 Å². The number of nitrogens with one attached hydrogen (secondary N) is 1. The van der Waals surface area contributed by atoms with E-state index in [0.29, 0.717) is 17.8 Å². The summed E-state index contributed by atoms with van der Waals surface area (Å²) in [4.78, 5) is 8.28. The van der Waals surface area contributed by atoms with Gasteiger partial charge in [0.05, 0.1) is 19.5 Å². The van der Waals surface area contributed by atoms with Crippen LogP contribution in [0.3, 0.4) is 0 Å². The van der Waals surface area contributed by atoms with Gasteiger partial charge in [-0.25, -0.2) is 0 Å². The summed E-state index contributed by atoms with van der Waals surface area (Å²) in [5.41, 5.74) is 6.00. The summed E-state index contributed by atoms with van der Waals surface area (Å²) < 4.78 is 5.01. The average molecular weight is 222 g/mol. The summed E-state index contributed by atoms with van der Waals surface area (Å²) in [6.07, 6.45) is 6.86. The van der Waals surface area contributed by atoms with Crippen molar-refractivity contribution in [3.05, 3.63) is 12.4 Å². The molecule has 88 valence electrons. The van der Waals surface area contributed by atoms with Crippen LogP contribution < -0.4 is 15.8 Å². The van der Waals surface area contributed by atoms with Gasteiger partial charge < -0.3 is 15.8 Å². The maximum absolute atomic E-state index is 6.00. The second-order valence-corrected chi connectivity index (χ2v) is 4.18. The van der Waals surface area contributed by atoms with Crippen LogP contribution in [-0.4, -0.2) is 29.7 Å². The molecule has 5 heteroatoms. The van der Waals surface area contributed by atoms with Gasteiger partial charge in [-0.05, 0) is 18.8 Å². The van der Waals surface area contributed by atoms with E-state index in [-0.39, 0.29) is 0 Å². The molecule has 0 aromatic carbocycles. The van der Waals surface area contributed by atoms with E-state index in [1.165, 1.54) is 12.8 Å². The Labute approximate surface area is 95.4 Å². The molecular weight excluding hydrogens is 204 g/mol. The Hall–Kier alpha value is -1.36. The molecule has 0 aliphatic heterocycles. The minimum atomic E-state index is 0.325. The van der Waals surface area contributed by atoms with Crippen molar-refractivity contribution in [1.29, 1.82) is 0 Å². The molecule has 2 unspecified atom stereocenters. The molecule has 0 amide bonds. The first-order chi connectivity index (χ1) is 7.79. The largest absolute Gasteiger partial charge is 0.480 e. The predicted octanol–water partition coefficient (Wildman–Crippen LogP) is 1.02. The Bertz CT molecular complexity index is 345. The molecule has 0 bridgehead atoms. The minimum Gasteiger partial charge on any atom is -0.480 e. The lowest BCUT2D eigenvalue weighted by Gasteiger charge is -2.16. The first kappa shape index (κ1) is 11.1. The van der Waals surface area contributed by atoms with Crippen LogP contribution in [0.5, 0.6) is 5.88 Å². The molecule has 2 rings (SSSR count). The zero-order valence-electron chi connectivity index (χ0n) is 9.52. The third-order valence-electron chi connectivity index (χ3n) is 3.08. The lowest BCUT2D eigenvalue weighted by molar-refractivity contribution is 0.396. The molecule has 1 saturated carbocycles. The number of hydrogen-bond acceptors (Lipinski definition) is 5. The van der Waals surface area contributed by atoms with Crippen LogP contribution in [0.4, 0.5) is 5.82 Å². The molecule has 3 N–H and O–H groups in total. The van der Waals surface area contributed by atoms with Gasteiger partial charge in [-0.3, -0.25) is 4.98 Å². The van der Waals surface area contributed by atoms with Gasteiger partial charge in [0.15, 0.2) is 0 Å². The van der Waals surface area contributed by atoms with Crippen LogP contribution in [0.15, 0.2) is 12.4 Å². The number of nitrogens with zero attached hydrogens (tertiary/aromatic N) is 2. The van der Waals surface area contributed by atoms with Crippen LogP contribution in [0.25, 0.3) is 0 Å². The molecule has 1 aromatic heterocycles. The number of aromatic nitrogens is 2. The number of ether oxygens (including phenoxy) is 1. The molecule has 0 radical (unpaired) electrons. The molecule has 5 nitrogen and oxygen atoms in total. The van der Waals surface area contributed by atoms with Crippen molar-refractivity contribution in [1.82, 2.24) is 9.97 Å². The Morgan fingerprint density at radius 3 is 3.06 bits per heavy atom. The van der Waals surface area contributed by atoms with Crippen molar-refractivity contribution in [2.24, 2.45) is 11.7 Å². The van der Waals surface area contributed by atoms with Crippen molar-refractivity contribution in [2.75, 3.05) is 19.0 Å². The quantitative estimate of drug-likeness (QED) is 0.795. The van der Waals surface area contributed by atoms with Gasteiger partial charge in [-0.15, -0.1) is 0 Å². The van der Waals surface area contributed by atoms with Crippen molar-refractivity contribution in [3.8, 4) is 5.88 Å². The predicted molar refractivity (Wildman–Crippen MR) is 62.4 cm³/mol. The number of hydrogen-bond donors (Lipinski definition) is 2. The summed E-state index contributed by atoms with van der Waals surface area (Å²) in [6.45, 7) is 0.864. The van der Waals surface area contributed by atoms with E-state index in [2.05, 4.69) is 15.3 Å². The fourth-order valence-electron chi connectivity index (χ4n) is 2.09. The van der Waals surface area contributed by atoms with E-state index < -0.39 is 0 Å². The SMILES string of the molecule is COc1cncc(NCC2CCCC2N)n1. The van der Waals surface area contributed by atoms with Crippen LogP contribution in [0.1, 0.15) is 19.3 Å².